The molecule has 0 radical (unpaired) electrons. The van der Waals surface area contributed by atoms with Crippen LogP contribution in [0, 0.1) is 5.92 Å². The Morgan fingerprint density at radius 2 is 1.79 bits per heavy atom. The molecule has 0 saturated carbocycles. The molecular formula is C18H28F3IN4O2S. The largest absolute Gasteiger partial charge is 0.416 e. The Labute approximate surface area is 187 Å². The van der Waals surface area contributed by atoms with Crippen molar-refractivity contribution in [2.24, 2.45) is 10.9 Å². The SMILES string of the molecule is CN=C(NCC1CCN(S(C)(=O)=O)CC1)N(C)Cc1ccc(C(F)(F)F)cc1.I. The number of halogens is 4. The summed E-state index contributed by atoms with van der Waals surface area (Å²) in [5.74, 6) is 0.986. The second-order valence-corrected chi connectivity index (χ2v) is 9.07. The number of hydrogen-bond donors (Lipinski definition) is 1. The van der Waals surface area contributed by atoms with Gasteiger partial charge in [0.2, 0.25) is 10.0 Å². The molecule has 29 heavy (non-hydrogen) atoms. The summed E-state index contributed by atoms with van der Waals surface area (Å²) in [4.78, 5) is 6.07. The van der Waals surface area contributed by atoms with Crippen LogP contribution in [0.15, 0.2) is 29.3 Å². The first-order valence-electron chi connectivity index (χ1n) is 9.03. The number of aliphatic imine (C=N–C) groups is 1. The van der Waals surface area contributed by atoms with Gasteiger partial charge in [-0.05, 0) is 36.5 Å². The lowest BCUT2D eigenvalue weighted by Gasteiger charge is -2.31. The molecule has 1 heterocycles. The molecule has 166 valence electrons. The molecule has 1 fully saturated rings. The Morgan fingerprint density at radius 3 is 2.24 bits per heavy atom. The van der Waals surface area contributed by atoms with Crippen molar-refractivity contribution in [3.8, 4) is 0 Å². The number of nitrogens with zero attached hydrogens (tertiary/aromatic N) is 3. The fourth-order valence-electron chi connectivity index (χ4n) is 3.21. The molecule has 6 nitrogen and oxygen atoms in total. The van der Waals surface area contributed by atoms with E-state index in [1.54, 1.807) is 7.05 Å². The maximum atomic E-state index is 12.7. The van der Waals surface area contributed by atoms with E-state index in [1.165, 1.54) is 22.7 Å². The molecule has 1 aromatic rings. The number of guanidine groups is 1. The highest BCUT2D eigenvalue weighted by Crippen LogP contribution is 2.29. The van der Waals surface area contributed by atoms with Crippen LogP contribution in [-0.2, 0) is 22.7 Å². The molecule has 1 aliphatic heterocycles. The second-order valence-electron chi connectivity index (χ2n) is 7.08. The first-order chi connectivity index (χ1) is 13.0. The summed E-state index contributed by atoms with van der Waals surface area (Å²) >= 11 is 0. The van der Waals surface area contributed by atoms with Crippen molar-refractivity contribution in [2.75, 3.05) is 40.0 Å². The standard InChI is InChI=1S/C18H27F3N4O2S.HI/c1-22-17(23-12-14-8-10-25(11-9-14)28(3,26)27)24(2)13-15-4-6-16(7-5-15)18(19,20)21;/h4-7,14H,8-13H2,1-3H3,(H,22,23);1H. The van der Waals surface area contributed by atoms with Gasteiger partial charge in [-0.2, -0.15) is 13.2 Å². The number of hydrogen-bond acceptors (Lipinski definition) is 3. The Kier molecular flexibility index (Phi) is 9.67. The summed E-state index contributed by atoms with van der Waals surface area (Å²) in [5, 5.41) is 3.28. The van der Waals surface area contributed by atoms with Gasteiger partial charge in [-0.1, -0.05) is 12.1 Å². The maximum Gasteiger partial charge on any atom is 0.416 e. The van der Waals surface area contributed by atoms with Crippen LogP contribution in [0.25, 0.3) is 0 Å². The van der Waals surface area contributed by atoms with Gasteiger partial charge in [0.05, 0.1) is 11.8 Å². The quantitative estimate of drug-likeness (QED) is 0.349. The number of alkyl halides is 3. The molecule has 0 unspecified atom stereocenters. The number of sulfonamides is 1. The van der Waals surface area contributed by atoms with Crippen molar-refractivity contribution in [1.82, 2.24) is 14.5 Å². The van der Waals surface area contributed by atoms with Gasteiger partial charge in [0.15, 0.2) is 5.96 Å². The maximum absolute atomic E-state index is 12.7. The van der Waals surface area contributed by atoms with Crippen LogP contribution in [-0.4, -0.2) is 63.6 Å². The van der Waals surface area contributed by atoms with Crippen LogP contribution in [0.3, 0.4) is 0 Å². The molecule has 0 amide bonds. The molecule has 0 aromatic heterocycles. The second kappa shape index (κ2) is 10.8. The average molecular weight is 548 g/mol. The minimum atomic E-state index is -4.34. The van der Waals surface area contributed by atoms with E-state index in [0.717, 1.165) is 30.5 Å². The Morgan fingerprint density at radius 1 is 1.24 bits per heavy atom. The molecule has 0 spiro atoms. The summed E-state index contributed by atoms with van der Waals surface area (Å²) in [6.07, 6.45) is -1.56. The molecule has 1 saturated heterocycles. The monoisotopic (exact) mass is 548 g/mol. The summed E-state index contributed by atoms with van der Waals surface area (Å²) in [7, 11) is 0.334. The van der Waals surface area contributed by atoms with Gasteiger partial charge in [-0.15, -0.1) is 24.0 Å². The fraction of sp³-hybridized carbons (Fsp3) is 0.611. The molecule has 1 aliphatic rings. The van der Waals surface area contributed by atoms with E-state index < -0.39 is 21.8 Å². The average Bonchev–Trinajstić information content (AvgIpc) is 2.61. The predicted molar refractivity (Wildman–Crippen MR) is 119 cm³/mol. The number of benzene rings is 1. The van der Waals surface area contributed by atoms with Crippen LogP contribution < -0.4 is 5.32 Å². The number of rotatable bonds is 5. The molecule has 0 atom stereocenters. The predicted octanol–water partition coefficient (Wildman–Crippen LogP) is 3.00. The van der Waals surface area contributed by atoms with E-state index in [0.29, 0.717) is 38.1 Å². The van der Waals surface area contributed by atoms with E-state index in [2.05, 4.69) is 10.3 Å². The number of nitrogens with one attached hydrogen (secondary N) is 1. The highest BCUT2D eigenvalue weighted by Gasteiger charge is 2.30. The summed E-state index contributed by atoms with van der Waals surface area (Å²) in [5.41, 5.74) is 0.0850. The third-order valence-corrected chi connectivity index (χ3v) is 6.17. The fourth-order valence-corrected chi connectivity index (χ4v) is 4.09. The van der Waals surface area contributed by atoms with Gasteiger partial charge >= 0.3 is 6.18 Å². The Bertz CT molecular complexity index is 777. The van der Waals surface area contributed by atoms with Crippen LogP contribution in [0.2, 0.25) is 0 Å². The van der Waals surface area contributed by atoms with Gasteiger partial charge in [-0.3, -0.25) is 4.99 Å². The van der Waals surface area contributed by atoms with Gasteiger partial charge in [-0.25, -0.2) is 12.7 Å². The lowest BCUT2D eigenvalue weighted by Crippen LogP contribution is -2.44. The highest BCUT2D eigenvalue weighted by atomic mass is 127. The van der Waals surface area contributed by atoms with Gasteiger partial charge in [0.1, 0.15) is 0 Å². The van der Waals surface area contributed by atoms with Crippen molar-refractivity contribution < 1.29 is 21.6 Å². The van der Waals surface area contributed by atoms with Crippen molar-refractivity contribution >= 4 is 40.0 Å². The van der Waals surface area contributed by atoms with Crippen LogP contribution in [0.4, 0.5) is 13.2 Å². The summed E-state index contributed by atoms with van der Waals surface area (Å²) in [6, 6.07) is 5.09. The van der Waals surface area contributed by atoms with Crippen molar-refractivity contribution in [1.29, 1.82) is 0 Å². The third-order valence-electron chi connectivity index (χ3n) is 4.87. The Hall–Kier alpha value is -1.08. The van der Waals surface area contributed by atoms with Gasteiger partial charge in [0, 0.05) is 40.3 Å². The lowest BCUT2D eigenvalue weighted by atomic mass is 9.98. The molecule has 11 heteroatoms. The van der Waals surface area contributed by atoms with Crippen molar-refractivity contribution in [2.45, 2.75) is 25.6 Å². The van der Waals surface area contributed by atoms with Crippen LogP contribution in [0.1, 0.15) is 24.0 Å². The zero-order chi connectivity index (χ0) is 20.9. The van der Waals surface area contributed by atoms with Gasteiger partial charge < -0.3 is 10.2 Å². The first kappa shape index (κ1) is 26.0. The molecule has 2 rings (SSSR count). The van der Waals surface area contributed by atoms with E-state index in [9.17, 15) is 21.6 Å². The van der Waals surface area contributed by atoms with Gasteiger partial charge in [0.25, 0.3) is 0 Å². The first-order valence-corrected chi connectivity index (χ1v) is 10.9. The highest BCUT2D eigenvalue weighted by molar-refractivity contribution is 14.0. The van der Waals surface area contributed by atoms with E-state index in [1.807, 2.05) is 11.9 Å². The summed E-state index contributed by atoms with van der Waals surface area (Å²) < 4.78 is 62.6. The summed E-state index contributed by atoms with van der Waals surface area (Å²) in [6.45, 7) is 2.13. The number of piperidine rings is 1. The van der Waals surface area contributed by atoms with Crippen LogP contribution >= 0.6 is 24.0 Å². The van der Waals surface area contributed by atoms with Crippen LogP contribution in [0.5, 0.6) is 0 Å². The molecule has 1 N–H and O–H groups in total. The molecular weight excluding hydrogens is 520 g/mol. The topological polar surface area (TPSA) is 65.0 Å². The normalized spacial score (nSPS) is 17.0. The lowest BCUT2D eigenvalue weighted by molar-refractivity contribution is -0.137. The molecule has 0 bridgehead atoms. The Balaban J connectivity index is 0.00000420. The van der Waals surface area contributed by atoms with Crippen molar-refractivity contribution in [3.63, 3.8) is 0 Å². The zero-order valence-corrected chi connectivity index (χ0v) is 19.9. The minimum Gasteiger partial charge on any atom is -0.356 e. The molecule has 1 aromatic carbocycles. The van der Waals surface area contributed by atoms with E-state index in [4.69, 9.17) is 0 Å². The van der Waals surface area contributed by atoms with Crippen molar-refractivity contribution in [3.05, 3.63) is 35.4 Å². The smallest absolute Gasteiger partial charge is 0.356 e. The third kappa shape index (κ3) is 7.93. The van der Waals surface area contributed by atoms with E-state index in [-0.39, 0.29) is 24.0 Å². The minimum absolute atomic E-state index is 0. The zero-order valence-electron chi connectivity index (χ0n) is 16.7. The molecule has 0 aliphatic carbocycles. The van der Waals surface area contributed by atoms with E-state index >= 15 is 0 Å².